The molecule has 0 radical (unpaired) electrons. The van der Waals surface area contributed by atoms with E-state index in [-0.39, 0.29) is 21.7 Å². The van der Waals surface area contributed by atoms with E-state index < -0.39 is 16.0 Å². The highest BCUT2D eigenvalue weighted by molar-refractivity contribution is 7.89. The van der Waals surface area contributed by atoms with Crippen LogP contribution in [0.15, 0.2) is 16.3 Å². The summed E-state index contributed by atoms with van der Waals surface area (Å²) < 4.78 is 27.4. The van der Waals surface area contributed by atoms with Gasteiger partial charge in [0.1, 0.15) is 9.77 Å². The Morgan fingerprint density at radius 1 is 1.40 bits per heavy atom. The maximum absolute atomic E-state index is 12.4. The quantitative estimate of drug-likeness (QED) is 0.894. The van der Waals surface area contributed by atoms with E-state index in [1.54, 1.807) is 0 Å². The molecule has 112 valence electrons. The summed E-state index contributed by atoms with van der Waals surface area (Å²) in [5.74, 6) is -0.478. The molecule has 1 aliphatic carbocycles. The zero-order valence-corrected chi connectivity index (χ0v) is 13.1. The van der Waals surface area contributed by atoms with Crippen LogP contribution in [0, 0.1) is 11.8 Å². The van der Waals surface area contributed by atoms with Crippen LogP contribution in [0.1, 0.15) is 42.8 Å². The van der Waals surface area contributed by atoms with Crippen molar-refractivity contribution in [2.45, 2.75) is 44.0 Å². The summed E-state index contributed by atoms with van der Waals surface area (Å²) in [6.07, 6.45) is 2.91. The molecule has 2 rings (SSSR count). The molecule has 0 aliphatic heterocycles. The Bertz CT molecular complexity index is 593. The molecular formula is C13H19NO4S2. The van der Waals surface area contributed by atoms with Crippen molar-refractivity contribution in [1.29, 1.82) is 0 Å². The molecule has 20 heavy (non-hydrogen) atoms. The SMILES string of the molecule is CC1CCCC(NS(=O)(=O)c2ccsc2C(=O)O)C1C. The van der Waals surface area contributed by atoms with E-state index in [2.05, 4.69) is 11.6 Å². The van der Waals surface area contributed by atoms with Crippen molar-refractivity contribution < 1.29 is 18.3 Å². The van der Waals surface area contributed by atoms with Gasteiger partial charge in [-0.3, -0.25) is 0 Å². The predicted molar refractivity (Wildman–Crippen MR) is 77.6 cm³/mol. The van der Waals surface area contributed by atoms with Crippen LogP contribution < -0.4 is 4.72 Å². The minimum atomic E-state index is -3.77. The number of thiophene rings is 1. The number of rotatable bonds is 4. The summed E-state index contributed by atoms with van der Waals surface area (Å²) in [4.78, 5) is 10.8. The van der Waals surface area contributed by atoms with E-state index in [4.69, 9.17) is 5.11 Å². The summed E-state index contributed by atoms with van der Waals surface area (Å²) >= 11 is 0.929. The van der Waals surface area contributed by atoms with Crippen molar-refractivity contribution in [3.05, 3.63) is 16.3 Å². The molecule has 5 nitrogen and oxygen atoms in total. The molecule has 1 saturated carbocycles. The minimum Gasteiger partial charge on any atom is -0.477 e. The Kier molecular flexibility index (Phi) is 4.51. The first-order valence-corrected chi connectivity index (χ1v) is 9.02. The largest absolute Gasteiger partial charge is 0.477 e. The molecule has 0 bridgehead atoms. The van der Waals surface area contributed by atoms with Gasteiger partial charge in [-0.05, 0) is 29.7 Å². The molecule has 1 fully saturated rings. The Labute approximate surface area is 123 Å². The first-order chi connectivity index (χ1) is 9.33. The van der Waals surface area contributed by atoms with Crippen LogP contribution >= 0.6 is 11.3 Å². The third kappa shape index (κ3) is 3.05. The molecule has 7 heteroatoms. The lowest BCUT2D eigenvalue weighted by molar-refractivity contribution is 0.0698. The van der Waals surface area contributed by atoms with Crippen molar-refractivity contribution in [2.24, 2.45) is 11.8 Å². The number of hydrogen-bond donors (Lipinski definition) is 2. The van der Waals surface area contributed by atoms with Gasteiger partial charge >= 0.3 is 5.97 Å². The van der Waals surface area contributed by atoms with Crippen molar-refractivity contribution in [1.82, 2.24) is 4.72 Å². The topological polar surface area (TPSA) is 83.5 Å². The van der Waals surface area contributed by atoms with Crippen LogP contribution in [-0.2, 0) is 10.0 Å². The molecule has 1 heterocycles. The van der Waals surface area contributed by atoms with Crippen molar-refractivity contribution in [3.63, 3.8) is 0 Å². The number of sulfonamides is 1. The van der Waals surface area contributed by atoms with Gasteiger partial charge in [0.2, 0.25) is 10.0 Å². The van der Waals surface area contributed by atoms with Gasteiger partial charge in [0.25, 0.3) is 0 Å². The summed E-state index contributed by atoms with van der Waals surface area (Å²) in [6.45, 7) is 4.17. The molecule has 3 unspecified atom stereocenters. The lowest BCUT2D eigenvalue weighted by Gasteiger charge is -2.34. The second-order valence-electron chi connectivity index (χ2n) is 5.41. The first-order valence-electron chi connectivity index (χ1n) is 6.66. The van der Waals surface area contributed by atoms with Crippen LogP contribution in [0.5, 0.6) is 0 Å². The van der Waals surface area contributed by atoms with E-state index in [0.717, 1.165) is 30.6 Å². The second kappa shape index (κ2) is 5.83. The van der Waals surface area contributed by atoms with E-state index in [1.165, 1.54) is 11.4 Å². The van der Waals surface area contributed by atoms with Crippen LogP contribution in [0.4, 0.5) is 0 Å². The van der Waals surface area contributed by atoms with Gasteiger partial charge in [-0.2, -0.15) is 0 Å². The maximum atomic E-state index is 12.4. The highest BCUT2D eigenvalue weighted by Crippen LogP contribution is 2.31. The van der Waals surface area contributed by atoms with Crippen LogP contribution in [0.2, 0.25) is 0 Å². The Hall–Kier alpha value is -0.920. The molecule has 1 aromatic heterocycles. The number of hydrogen-bond acceptors (Lipinski definition) is 4. The lowest BCUT2D eigenvalue weighted by Crippen LogP contribution is -2.43. The smallest absolute Gasteiger partial charge is 0.347 e. The number of carboxylic acids is 1. The van der Waals surface area contributed by atoms with Crippen LogP contribution in [0.3, 0.4) is 0 Å². The summed E-state index contributed by atoms with van der Waals surface area (Å²) in [7, 11) is -3.77. The third-order valence-corrected chi connectivity index (χ3v) is 6.69. The van der Waals surface area contributed by atoms with Crippen LogP contribution in [0.25, 0.3) is 0 Å². The van der Waals surface area contributed by atoms with E-state index in [0.29, 0.717) is 5.92 Å². The third-order valence-electron chi connectivity index (χ3n) is 4.13. The van der Waals surface area contributed by atoms with Crippen molar-refractivity contribution in [2.75, 3.05) is 0 Å². The molecule has 0 spiro atoms. The fourth-order valence-electron chi connectivity index (χ4n) is 2.68. The monoisotopic (exact) mass is 317 g/mol. The predicted octanol–water partition coefficient (Wildman–Crippen LogP) is 2.55. The van der Waals surface area contributed by atoms with Crippen molar-refractivity contribution in [3.8, 4) is 0 Å². The molecule has 0 aromatic carbocycles. The average Bonchev–Trinajstić information content (AvgIpc) is 2.85. The fraction of sp³-hybridized carbons (Fsp3) is 0.615. The average molecular weight is 317 g/mol. The van der Waals surface area contributed by atoms with Gasteiger partial charge in [0.05, 0.1) is 0 Å². The lowest BCUT2D eigenvalue weighted by atomic mass is 9.78. The van der Waals surface area contributed by atoms with Gasteiger partial charge in [-0.1, -0.05) is 26.7 Å². The Morgan fingerprint density at radius 2 is 2.10 bits per heavy atom. The molecule has 0 saturated heterocycles. The highest BCUT2D eigenvalue weighted by Gasteiger charge is 2.32. The zero-order valence-electron chi connectivity index (χ0n) is 11.5. The summed E-state index contributed by atoms with van der Waals surface area (Å²) in [5, 5.41) is 10.5. The van der Waals surface area contributed by atoms with E-state index in [9.17, 15) is 13.2 Å². The van der Waals surface area contributed by atoms with Gasteiger partial charge < -0.3 is 5.11 Å². The fourth-order valence-corrected chi connectivity index (χ4v) is 5.30. The van der Waals surface area contributed by atoms with Gasteiger partial charge in [-0.25, -0.2) is 17.9 Å². The Morgan fingerprint density at radius 3 is 2.75 bits per heavy atom. The molecule has 1 aromatic rings. The molecule has 0 amide bonds. The standard InChI is InChI=1S/C13H19NO4S2/c1-8-4-3-5-10(9(8)2)14-20(17,18)11-6-7-19-12(11)13(15)16/h6-10,14H,3-5H2,1-2H3,(H,15,16). The van der Waals surface area contributed by atoms with Gasteiger partial charge in [0, 0.05) is 6.04 Å². The van der Waals surface area contributed by atoms with Crippen LogP contribution in [-0.4, -0.2) is 25.5 Å². The maximum Gasteiger partial charge on any atom is 0.347 e. The molecule has 3 atom stereocenters. The Balaban J connectivity index is 2.23. The number of carbonyl (C=O) groups is 1. The molecular weight excluding hydrogens is 298 g/mol. The zero-order chi connectivity index (χ0) is 14.9. The normalized spacial score (nSPS) is 27.4. The molecule has 2 N–H and O–H groups in total. The van der Waals surface area contributed by atoms with Crippen molar-refractivity contribution >= 4 is 27.3 Å². The summed E-state index contributed by atoms with van der Waals surface area (Å²) in [5.41, 5.74) is 0. The summed E-state index contributed by atoms with van der Waals surface area (Å²) in [6, 6.07) is 1.23. The molecule has 1 aliphatic rings. The first kappa shape index (κ1) is 15.5. The second-order valence-corrected chi connectivity index (χ2v) is 8.01. The minimum absolute atomic E-state index is 0.120. The van der Waals surface area contributed by atoms with E-state index >= 15 is 0 Å². The van der Waals surface area contributed by atoms with E-state index in [1.807, 2.05) is 6.92 Å². The number of carboxylic acid groups (broad SMARTS) is 1. The number of aromatic carboxylic acids is 1. The highest BCUT2D eigenvalue weighted by atomic mass is 32.2. The van der Waals surface area contributed by atoms with Gasteiger partial charge in [0.15, 0.2) is 0 Å². The van der Waals surface area contributed by atoms with Gasteiger partial charge in [-0.15, -0.1) is 11.3 Å². The number of nitrogens with one attached hydrogen (secondary N) is 1.